The zero-order chi connectivity index (χ0) is 20.9. The van der Waals surface area contributed by atoms with Gasteiger partial charge in [0.2, 0.25) is 5.89 Å². The van der Waals surface area contributed by atoms with Crippen molar-refractivity contribution in [2.24, 2.45) is 0 Å². The first-order chi connectivity index (χ1) is 14.7. The molecule has 0 aliphatic heterocycles. The van der Waals surface area contributed by atoms with Crippen LogP contribution in [0.25, 0.3) is 11.5 Å². The molecular weight excluding hydrogens is 385 g/mol. The number of hydrogen-bond donors (Lipinski definition) is 1. The van der Waals surface area contributed by atoms with Gasteiger partial charge in [0.15, 0.2) is 0 Å². The van der Waals surface area contributed by atoms with Crippen LogP contribution in [0.2, 0.25) is 0 Å². The molecule has 1 aromatic heterocycles. The van der Waals surface area contributed by atoms with Gasteiger partial charge in [-0.05, 0) is 17.7 Å². The van der Waals surface area contributed by atoms with Crippen LogP contribution in [0.15, 0.2) is 77.2 Å². The number of benzene rings is 3. The highest BCUT2D eigenvalue weighted by Gasteiger charge is 2.23. The van der Waals surface area contributed by atoms with Gasteiger partial charge in [0.25, 0.3) is 5.89 Å². The molecule has 6 nitrogen and oxygen atoms in total. The maximum absolute atomic E-state index is 14.2. The lowest BCUT2D eigenvalue weighted by Gasteiger charge is -2.18. The number of nitrogens with one attached hydrogen (secondary N) is 1. The molecule has 0 spiro atoms. The van der Waals surface area contributed by atoms with E-state index in [1.165, 1.54) is 6.07 Å². The first-order valence-corrected chi connectivity index (χ1v) is 9.31. The summed E-state index contributed by atoms with van der Waals surface area (Å²) in [7, 11) is 3.18. The highest BCUT2D eigenvalue weighted by molar-refractivity contribution is 5.56. The number of halogens is 1. The molecule has 0 saturated heterocycles. The fraction of sp³-hybridized carbons (Fsp3) is 0.130. The quantitative estimate of drug-likeness (QED) is 0.462. The van der Waals surface area contributed by atoms with E-state index >= 15 is 0 Å². The van der Waals surface area contributed by atoms with E-state index in [1.54, 1.807) is 38.5 Å². The average molecular weight is 405 g/mol. The van der Waals surface area contributed by atoms with Gasteiger partial charge in [-0.1, -0.05) is 42.5 Å². The predicted octanol–water partition coefficient (Wildman–Crippen LogP) is 5.09. The standard InChI is InChI=1S/C23H20FN3O3/c1-28-17-12-16(13-18(14-17)29-2)25-21(15-8-4-3-5-9-15)23-27-26-22(30-23)19-10-6-7-11-20(19)24/h3-14,21,25H,1-2H3/t21-/m1/s1. The second-order valence-electron chi connectivity index (χ2n) is 6.51. The second kappa shape index (κ2) is 8.65. The fourth-order valence-electron chi connectivity index (χ4n) is 3.09. The third-order valence-electron chi connectivity index (χ3n) is 4.59. The zero-order valence-electron chi connectivity index (χ0n) is 16.5. The van der Waals surface area contributed by atoms with Crippen LogP contribution >= 0.6 is 0 Å². The SMILES string of the molecule is COc1cc(N[C@H](c2ccccc2)c2nnc(-c3ccccc3F)o2)cc(OC)c1. The van der Waals surface area contributed by atoms with Crippen molar-refractivity contribution in [1.29, 1.82) is 0 Å². The number of aromatic nitrogens is 2. The predicted molar refractivity (Wildman–Crippen MR) is 111 cm³/mol. The van der Waals surface area contributed by atoms with Crippen molar-refractivity contribution in [3.05, 3.63) is 90.1 Å². The van der Waals surface area contributed by atoms with Gasteiger partial charge >= 0.3 is 0 Å². The Morgan fingerprint density at radius 2 is 1.53 bits per heavy atom. The minimum absolute atomic E-state index is 0.119. The largest absolute Gasteiger partial charge is 0.497 e. The summed E-state index contributed by atoms with van der Waals surface area (Å²) in [5.41, 5.74) is 1.90. The van der Waals surface area contributed by atoms with Crippen molar-refractivity contribution in [3.8, 4) is 23.0 Å². The Morgan fingerprint density at radius 1 is 0.867 bits per heavy atom. The molecule has 0 radical (unpaired) electrons. The molecule has 1 N–H and O–H groups in total. The smallest absolute Gasteiger partial charge is 0.250 e. The molecular formula is C23H20FN3O3. The van der Waals surface area contributed by atoms with E-state index in [9.17, 15) is 4.39 Å². The van der Waals surface area contributed by atoms with Gasteiger partial charge in [-0.2, -0.15) is 0 Å². The first kappa shape index (κ1) is 19.4. The van der Waals surface area contributed by atoms with Gasteiger partial charge in [0.1, 0.15) is 23.4 Å². The summed E-state index contributed by atoms with van der Waals surface area (Å²) in [5, 5.41) is 11.6. The van der Waals surface area contributed by atoms with Gasteiger partial charge in [-0.15, -0.1) is 10.2 Å². The molecule has 0 fully saturated rings. The molecule has 30 heavy (non-hydrogen) atoms. The number of methoxy groups -OCH3 is 2. The molecule has 0 aliphatic rings. The van der Waals surface area contributed by atoms with Gasteiger partial charge in [0, 0.05) is 23.9 Å². The molecule has 4 rings (SSSR count). The van der Waals surface area contributed by atoms with Crippen molar-refractivity contribution >= 4 is 5.69 Å². The summed E-state index contributed by atoms with van der Waals surface area (Å²) in [6.45, 7) is 0. The molecule has 0 bridgehead atoms. The van der Waals surface area contributed by atoms with E-state index in [2.05, 4.69) is 15.5 Å². The van der Waals surface area contributed by atoms with Gasteiger partial charge in [-0.3, -0.25) is 0 Å². The molecule has 0 amide bonds. The van der Waals surface area contributed by atoms with Crippen LogP contribution in [-0.2, 0) is 0 Å². The van der Waals surface area contributed by atoms with Crippen molar-refractivity contribution in [3.63, 3.8) is 0 Å². The fourth-order valence-corrected chi connectivity index (χ4v) is 3.09. The molecule has 3 aromatic carbocycles. The van der Waals surface area contributed by atoms with Crippen molar-refractivity contribution in [2.45, 2.75) is 6.04 Å². The van der Waals surface area contributed by atoms with Crippen molar-refractivity contribution in [2.75, 3.05) is 19.5 Å². The maximum atomic E-state index is 14.2. The topological polar surface area (TPSA) is 69.4 Å². The molecule has 0 aliphatic carbocycles. The van der Waals surface area contributed by atoms with Crippen LogP contribution in [-0.4, -0.2) is 24.4 Å². The Hall–Kier alpha value is -3.87. The van der Waals surface area contributed by atoms with Crippen LogP contribution in [0, 0.1) is 5.82 Å². The Labute approximate surface area is 173 Å². The van der Waals surface area contributed by atoms with Crippen LogP contribution in [0.3, 0.4) is 0 Å². The molecule has 0 unspecified atom stereocenters. The van der Waals surface area contributed by atoms with E-state index < -0.39 is 11.9 Å². The average Bonchev–Trinajstić information content (AvgIpc) is 3.27. The van der Waals surface area contributed by atoms with Crippen molar-refractivity contribution in [1.82, 2.24) is 10.2 Å². The van der Waals surface area contributed by atoms with Crippen LogP contribution in [0.4, 0.5) is 10.1 Å². The lowest BCUT2D eigenvalue weighted by atomic mass is 10.1. The summed E-state index contributed by atoms with van der Waals surface area (Å²) in [5.74, 6) is 1.28. The Balaban J connectivity index is 1.73. The second-order valence-corrected chi connectivity index (χ2v) is 6.51. The monoisotopic (exact) mass is 405 g/mol. The zero-order valence-corrected chi connectivity index (χ0v) is 16.5. The highest BCUT2D eigenvalue weighted by Crippen LogP contribution is 2.32. The lowest BCUT2D eigenvalue weighted by molar-refractivity contribution is 0.394. The van der Waals surface area contributed by atoms with Gasteiger partial charge in [0.05, 0.1) is 19.8 Å². The molecule has 7 heteroatoms. The van der Waals surface area contributed by atoms with Crippen LogP contribution in [0.1, 0.15) is 17.5 Å². The van der Waals surface area contributed by atoms with Gasteiger partial charge < -0.3 is 19.2 Å². The van der Waals surface area contributed by atoms with Gasteiger partial charge in [-0.25, -0.2) is 4.39 Å². The maximum Gasteiger partial charge on any atom is 0.250 e. The van der Waals surface area contributed by atoms with E-state index in [-0.39, 0.29) is 11.5 Å². The lowest BCUT2D eigenvalue weighted by Crippen LogP contribution is -2.13. The summed E-state index contributed by atoms with van der Waals surface area (Å²) in [6, 6.07) is 20.9. The Bertz CT molecular complexity index is 1110. The number of nitrogens with zero attached hydrogens (tertiary/aromatic N) is 2. The molecule has 152 valence electrons. The third kappa shape index (κ3) is 4.10. The first-order valence-electron chi connectivity index (χ1n) is 9.31. The number of rotatable bonds is 7. The molecule has 4 aromatic rings. The number of anilines is 1. The molecule has 1 heterocycles. The third-order valence-corrected chi connectivity index (χ3v) is 4.59. The Kier molecular flexibility index (Phi) is 5.61. The van der Waals surface area contributed by atoms with E-state index in [4.69, 9.17) is 13.9 Å². The Morgan fingerprint density at radius 3 is 2.20 bits per heavy atom. The molecule has 0 saturated carbocycles. The van der Waals surface area contributed by atoms with Crippen molar-refractivity contribution < 1.29 is 18.3 Å². The minimum atomic E-state index is -0.462. The summed E-state index contributed by atoms with van der Waals surface area (Å²) >= 11 is 0. The number of hydrogen-bond acceptors (Lipinski definition) is 6. The summed E-state index contributed by atoms with van der Waals surface area (Å²) < 4.78 is 30.7. The summed E-state index contributed by atoms with van der Waals surface area (Å²) in [6.07, 6.45) is 0. The van der Waals surface area contributed by atoms with E-state index in [0.29, 0.717) is 17.4 Å². The van der Waals surface area contributed by atoms with Crippen LogP contribution < -0.4 is 14.8 Å². The normalized spacial score (nSPS) is 11.7. The van der Waals surface area contributed by atoms with E-state index in [1.807, 2.05) is 42.5 Å². The van der Waals surface area contributed by atoms with Crippen LogP contribution in [0.5, 0.6) is 11.5 Å². The summed E-state index contributed by atoms with van der Waals surface area (Å²) in [4.78, 5) is 0. The minimum Gasteiger partial charge on any atom is -0.497 e. The number of ether oxygens (including phenoxy) is 2. The van der Waals surface area contributed by atoms with E-state index in [0.717, 1.165) is 11.3 Å². The molecule has 1 atom stereocenters. The highest BCUT2D eigenvalue weighted by atomic mass is 19.1.